The van der Waals surface area contributed by atoms with Crippen LogP contribution in [0.15, 0.2) is 48.7 Å². The average molecular weight is 390 g/mol. The first-order valence-electron chi connectivity index (χ1n) is 9.18. The van der Waals surface area contributed by atoms with Gasteiger partial charge in [-0.25, -0.2) is 4.79 Å². The van der Waals surface area contributed by atoms with Gasteiger partial charge in [-0.1, -0.05) is 18.2 Å². The standard InChI is InChI=1S/C21H18N4O4/c1-29-13-6-5-12-10-25(18(26)15(12)9-13)11-21(19(27)23-20(28)24-21)16-3-2-4-17-14(16)7-8-22-17/h2-9,22H,10-11H2,1H3,(H2,23,24,27,28)/t21-/m0/s1. The third kappa shape index (κ3) is 2.49. The molecule has 0 saturated carbocycles. The maximum Gasteiger partial charge on any atom is 0.322 e. The number of aromatic nitrogens is 1. The number of carbonyl (C=O) groups excluding carboxylic acids is 3. The minimum atomic E-state index is -1.37. The first-order valence-corrected chi connectivity index (χ1v) is 9.18. The van der Waals surface area contributed by atoms with E-state index in [-0.39, 0.29) is 12.5 Å². The van der Waals surface area contributed by atoms with E-state index in [1.807, 2.05) is 24.3 Å². The Morgan fingerprint density at radius 2 is 2.00 bits per heavy atom. The van der Waals surface area contributed by atoms with Crippen LogP contribution in [0.3, 0.4) is 0 Å². The van der Waals surface area contributed by atoms with Crippen LogP contribution >= 0.6 is 0 Å². The van der Waals surface area contributed by atoms with Gasteiger partial charge in [0.05, 0.1) is 13.7 Å². The van der Waals surface area contributed by atoms with Crippen LogP contribution in [0.5, 0.6) is 5.75 Å². The Morgan fingerprint density at radius 1 is 1.14 bits per heavy atom. The number of nitrogens with zero attached hydrogens (tertiary/aromatic N) is 1. The minimum absolute atomic E-state index is 0.0185. The molecule has 0 bridgehead atoms. The maximum absolute atomic E-state index is 13.0. The van der Waals surface area contributed by atoms with Crippen molar-refractivity contribution < 1.29 is 19.1 Å². The normalized spacial score (nSPS) is 20.7. The molecule has 3 N–H and O–H groups in total. The first-order chi connectivity index (χ1) is 14.0. The van der Waals surface area contributed by atoms with E-state index >= 15 is 0 Å². The minimum Gasteiger partial charge on any atom is -0.497 e. The van der Waals surface area contributed by atoms with Gasteiger partial charge in [0.2, 0.25) is 0 Å². The summed E-state index contributed by atoms with van der Waals surface area (Å²) in [5.41, 5.74) is 1.51. The van der Waals surface area contributed by atoms with E-state index in [2.05, 4.69) is 15.6 Å². The summed E-state index contributed by atoms with van der Waals surface area (Å²) in [7, 11) is 1.55. The molecule has 2 aliphatic heterocycles. The van der Waals surface area contributed by atoms with Crippen LogP contribution in [0.4, 0.5) is 4.79 Å². The summed E-state index contributed by atoms with van der Waals surface area (Å²) >= 11 is 0. The summed E-state index contributed by atoms with van der Waals surface area (Å²) in [6.07, 6.45) is 1.78. The molecule has 0 unspecified atom stereocenters. The second-order valence-corrected chi connectivity index (χ2v) is 7.24. The second-order valence-electron chi connectivity index (χ2n) is 7.24. The summed E-state index contributed by atoms with van der Waals surface area (Å²) in [4.78, 5) is 42.8. The number of aromatic amines is 1. The second kappa shape index (κ2) is 6.10. The average Bonchev–Trinajstić information content (AvgIpc) is 3.39. The van der Waals surface area contributed by atoms with Gasteiger partial charge in [0, 0.05) is 29.2 Å². The van der Waals surface area contributed by atoms with Crippen molar-refractivity contribution in [2.75, 3.05) is 13.7 Å². The van der Waals surface area contributed by atoms with Gasteiger partial charge in [0.1, 0.15) is 5.75 Å². The van der Waals surface area contributed by atoms with Crippen LogP contribution in [0, 0.1) is 0 Å². The molecule has 0 spiro atoms. The third-order valence-corrected chi connectivity index (χ3v) is 5.62. The number of benzene rings is 2. The molecule has 146 valence electrons. The fourth-order valence-corrected chi connectivity index (χ4v) is 4.22. The van der Waals surface area contributed by atoms with Crippen molar-refractivity contribution >= 4 is 28.7 Å². The Morgan fingerprint density at radius 3 is 2.76 bits per heavy atom. The Bertz CT molecular complexity index is 1180. The quantitative estimate of drug-likeness (QED) is 0.592. The summed E-state index contributed by atoms with van der Waals surface area (Å²) in [6.45, 7) is 0.372. The van der Waals surface area contributed by atoms with Crippen LogP contribution in [0.1, 0.15) is 21.5 Å². The third-order valence-electron chi connectivity index (χ3n) is 5.62. The molecule has 29 heavy (non-hydrogen) atoms. The molecule has 8 heteroatoms. The monoisotopic (exact) mass is 390 g/mol. The van der Waals surface area contributed by atoms with Crippen LogP contribution in [0.2, 0.25) is 0 Å². The van der Waals surface area contributed by atoms with Crippen molar-refractivity contribution in [2.24, 2.45) is 0 Å². The number of nitrogens with one attached hydrogen (secondary N) is 3. The van der Waals surface area contributed by atoms with E-state index in [9.17, 15) is 14.4 Å². The van der Waals surface area contributed by atoms with Crippen molar-refractivity contribution in [3.8, 4) is 5.75 Å². The van der Waals surface area contributed by atoms with Gasteiger partial charge in [0.25, 0.3) is 11.8 Å². The zero-order valence-electron chi connectivity index (χ0n) is 15.6. The van der Waals surface area contributed by atoms with E-state index < -0.39 is 17.5 Å². The molecule has 1 saturated heterocycles. The molecule has 2 aliphatic rings. The van der Waals surface area contributed by atoms with Gasteiger partial charge in [-0.2, -0.15) is 0 Å². The fourth-order valence-electron chi connectivity index (χ4n) is 4.22. The lowest BCUT2D eigenvalue weighted by atomic mass is 9.87. The van der Waals surface area contributed by atoms with E-state index in [4.69, 9.17) is 4.74 Å². The van der Waals surface area contributed by atoms with E-state index in [1.165, 1.54) is 0 Å². The SMILES string of the molecule is COc1ccc2c(c1)C(=O)N(C[C@@]1(c3cccc4[nH]ccc34)NC(=O)NC1=O)C2. The molecular formula is C21H18N4O4. The molecule has 1 aromatic heterocycles. The molecule has 4 amide bonds. The van der Waals surface area contributed by atoms with Gasteiger partial charge < -0.3 is 19.9 Å². The van der Waals surface area contributed by atoms with Crippen molar-refractivity contribution in [3.63, 3.8) is 0 Å². The Labute approximate surface area is 165 Å². The first kappa shape index (κ1) is 17.3. The zero-order chi connectivity index (χ0) is 20.2. The highest BCUT2D eigenvalue weighted by molar-refractivity contribution is 6.10. The summed E-state index contributed by atoms with van der Waals surface area (Å²) in [6, 6.07) is 12.1. The molecule has 5 rings (SSSR count). The highest BCUT2D eigenvalue weighted by Gasteiger charge is 2.51. The topological polar surface area (TPSA) is 104 Å². The fraction of sp³-hybridized carbons (Fsp3) is 0.190. The number of fused-ring (bicyclic) bond motifs is 2. The van der Waals surface area contributed by atoms with E-state index in [0.29, 0.717) is 23.4 Å². The van der Waals surface area contributed by atoms with Crippen molar-refractivity contribution in [2.45, 2.75) is 12.1 Å². The van der Waals surface area contributed by atoms with Gasteiger partial charge in [-0.3, -0.25) is 14.9 Å². The summed E-state index contributed by atoms with van der Waals surface area (Å²) in [5.74, 6) is -0.0799. The molecule has 8 nitrogen and oxygen atoms in total. The summed E-state index contributed by atoms with van der Waals surface area (Å²) < 4.78 is 5.22. The number of urea groups is 1. The number of amides is 4. The molecule has 2 aromatic carbocycles. The predicted octanol–water partition coefficient (Wildman–Crippen LogP) is 1.87. The maximum atomic E-state index is 13.0. The van der Waals surface area contributed by atoms with Gasteiger partial charge in [-0.05, 0) is 35.4 Å². The Hall–Kier alpha value is -3.81. The Kier molecular flexibility index (Phi) is 3.64. The summed E-state index contributed by atoms with van der Waals surface area (Å²) in [5, 5.41) is 5.93. The number of H-pyrrole nitrogens is 1. The number of hydrogen-bond donors (Lipinski definition) is 3. The van der Waals surface area contributed by atoms with Crippen LogP contribution in [-0.2, 0) is 16.9 Å². The van der Waals surface area contributed by atoms with E-state index in [0.717, 1.165) is 16.5 Å². The van der Waals surface area contributed by atoms with Crippen molar-refractivity contribution in [3.05, 3.63) is 65.4 Å². The molecule has 1 fully saturated rings. The van der Waals surface area contributed by atoms with Gasteiger partial charge >= 0.3 is 6.03 Å². The van der Waals surface area contributed by atoms with Gasteiger partial charge in [0.15, 0.2) is 5.54 Å². The van der Waals surface area contributed by atoms with Crippen molar-refractivity contribution in [1.29, 1.82) is 0 Å². The number of ether oxygens (including phenoxy) is 1. The lowest BCUT2D eigenvalue weighted by molar-refractivity contribution is -0.124. The molecule has 0 radical (unpaired) electrons. The Balaban J connectivity index is 1.58. The zero-order valence-corrected chi connectivity index (χ0v) is 15.6. The molecule has 1 atom stereocenters. The highest BCUT2D eigenvalue weighted by atomic mass is 16.5. The lowest BCUT2D eigenvalue weighted by Crippen LogP contribution is -2.52. The van der Waals surface area contributed by atoms with Crippen LogP contribution in [-0.4, -0.2) is 41.4 Å². The highest BCUT2D eigenvalue weighted by Crippen LogP contribution is 2.35. The van der Waals surface area contributed by atoms with Crippen molar-refractivity contribution in [1.82, 2.24) is 20.5 Å². The number of methoxy groups -OCH3 is 1. The largest absolute Gasteiger partial charge is 0.497 e. The molecule has 3 aromatic rings. The smallest absolute Gasteiger partial charge is 0.322 e. The van der Waals surface area contributed by atoms with Gasteiger partial charge in [-0.15, -0.1) is 0 Å². The molecular weight excluding hydrogens is 372 g/mol. The number of rotatable bonds is 4. The lowest BCUT2D eigenvalue weighted by Gasteiger charge is -2.31. The predicted molar refractivity (Wildman–Crippen MR) is 104 cm³/mol. The number of hydrogen-bond acceptors (Lipinski definition) is 4. The molecule has 0 aliphatic carbocycles. The van der Waals surface area contributed by atoms with Crippen LogP contribution < -0.4 is 15.4 Å². The molecule has 3 heterocycles. The number of imide groups is 1. The van der Waals surface area contributed by atoms with E-state index in [1.54, 1.807) is 36.4 Å². The van der Waals surface area contributed by atoms with Crippen LogP contribution in [0.25, 0.3) is 10.9 Å². The number of carbonyl (C=O) groups is 3.